The fourth-order valence-corrected chi connectivity index (χ4v) is 1.05. The molecule has 0 saturated carbocycles. The predicted octanol–water partition coefficient (Wildman–Crippen LogP) is 1.00. The van der Waals surface area contributed by atoms with Gasteiger partial charge in [-0.05, 0) is 23.9 Å². The van der Waals surface area contributed by atoms with E-state index in [1.54, 1.807) is 6.33 Å². The van der Waals surface area contributed by atoms with E-state index in [0.717, 1.165) is 12.0 Å². The lowest BCUT2D eigenvalue weighted by atomic mass is 9.87. The fourth-order valence-electron chi connectivity index (χ4n) is 1.05. The third kappa shape index (κ3) is 2.58. The molecule has 1 rings (SSSR count). The number of nitrogens with two attached hydrogens (primary N) is 1. The molecule has 0 atom stereocenters. The van der Waals surface area contributed by atoms with Crippen LogP contribution in [-0.2, 0) is 6.42 Å². The lowest BCUT2D eigenvalue weighted by Gasteiger charge is -2.21. The van der Waals surface area contributed by atoms with Gasteiger partial charge in [-0.3, -0.25) is 0 Å². The van der Waals surface area contributed by atoms with Gasteiger partial charge in [0.2, 0.25) is 0 Å². The van der Waals surface area contributed by atoms with Crippen LogP contribution in [0.3, 0.4) is 0 Å². The Morgan fingerprint density at radius 2 is 1.92 bits per heavy atom. The lowest BCUT2D eigenvalue weighted by molar-refractivity contribution is 0.376. The van der Waals surface area contributed by atoms with E-state index in [1.165, 1.54) is 0 Å². The average molecular weight is 165 g/mol. The molecule has 3 nitrogen and oxygen atoms in total. The van der Waals surface area contributed by atoms with Crippen molar-refractivity contribution in [3.8, 4) is 0 Å². The van der Waals surface area contributed by atoms with Crippen LogP contribution in [0.4, 0.5) is 0 Å². The number of nitrogens with zero attached hydrogens (tertiary/aromatic N) is 2. The number of aromatic nitrogens is 2. The monoisotopic (exact) mass is 165 g/mol. The van der Waals surface area contributed by atoms with Crippen LogP contribution < -0.4 is 5.73 Å². The van der Waals surface area contributed by atoms with Gasteiger partial charge in [0, 0.05) is 12.4 Å². The highest BCUT2D eigenvalue weighted by atomic mass is 14.8. The van der Waals surface area contributed by atoms with Crippen molar-refractivity contribution in [2.45, 2.75) is 20.3 Å². The van der Waals surface area contributed by atoms with Crippen LogP contribution in [0.5, 0.6) is 0 Å². The molecule has 0 amide bonds. The molecule has 0 radical (unpaired) electrons. The Hall–Kier alpha value is -0.960. The van der Waals surface area contributed by atoms with Crippen molar-refractivity contribution in [3.05, 3.63) is 24.3 Å². The second kappa shape index (κ2) is 3.63. The average Bonchev–Trinajstić information content (AvgIpc) is 2.06. The SMILES string of the molecule is CC(C)(CN)Cc1cncnc1. The van der Waals surface area contributed by atoms with Crippen molar-refractivity contribution in [3.63, 3.8) is 0 Å². The first-order chi connectivity index (χ1) is 5.64. The molecule has 0 aromatic carbocycles. The maximum Gasteiger partial charge on any atom is 0.115 e. The van der Waals surface area contributed by atoms with Crippen LogP contribution in [-0.4, -0.2) is 16.5 Å². The molecule has 66 valence electrons. The van der Waals surface area contributed by atoms with E-state index in [4.69, 9.17) is 5.73 Å². The van der Waals surface area contributed by atoms with Crippen molar-refractivity contribution in [1.29, 1.82) is 0 Å². The minimum Gasteiger partial charge on any atom is -0.330 e. The highest BCUT2D eigenvalue weighted by Gasteiger charge is 2.15. The van der Waals surface area contributed by atoms with E-state index in [2.05, 4.69) is 23.8 Å². The molecule has 0 aliphatic carbocycles. The normalized spacial score (nSPS) is 11.6. The summed E-state index contributed by atoms with van der Waals surface area (Å²) in [6.07, 6.45) is 6.15. The van der Waals surface area contributed by atoms with Crippen molar-refractivity contribution < 1.29 is 0 Å². The molecule has 2 N–H and O–H groups in total. The van der Waals surface area contributed by atoms with E-state index in [1.807, 2.05) is 12.4 Å². The van der Waals surface area contributed by atoms with Gasteiger partial charge < -0.3 is 5.73 Å². The van der Waals surface area contributed by atoms with Crippen LogP contribution in [0.25, 0.3) is 0 Å². The number of hydrogen-bond acceptors (Lipinski definition) is 3. The van der Waals surface area contributed by atoms with E-state index in [0.29, 0.717) is 6.54 Å². The zero-order chi connectivity index (χ0) is 9.03. The third-order valence-electron chi connectivity index (χ3n) is 1.85. The lowest BCUT2D eigenvalue weighted by Crippen LogP contribution is -2.25. The van der Waals surface area contributed by atoms with Gasteiger partial charge in [-0.25, -0.2) is 9.97 Å². The van der Waals surface area contributed by atoms with Crippen LogP contribution >= 0.6 is 0 Å². The van der Waals surface area contributed by atoms with Crippen LogP contribution in [0.2, 0.25) is 0 Å². The Morgan fingerprint density at radius 1 is 1.33 bits per heavy atom. The first-order valence-electron chi connectivity index (χ1n) is 4.08. The van der Waals surface area contributed by atoms with Crippen molar-refractivity contribution >= 4 is 0 Å². The molecule has 0 aliphatic rings. The summed E-state index contributed by atoms with van der Waals surface area (Å²) in [4.78, 5) is 7.90. The van der Waals surface area contributed by atoms with Crippen molar-refractivity contribution in [1.82, 2.24) is 9.97 Å². The van der Waals surface area contributed by atoms with E-state index in [9.17, 15) is 0 Å². The van der Waals surface area contributed by atoms with Gasteiger partial charge in [0.15, 0.2) is 0 Å². The van der Waals surface area contributed by atoms with Crippen LogP contribution in [0, 0.1) is 5.41 Å². The van der Waals surface area contributed by atoms with Crippen LogP contribution in [0.15, 0.2) is 18.7 Å². The van der Waals surface area contributed by atoms with E-state index in [-0.39, 0.29) is 5.41 Å². The minimum atomic E-state index is 0.144. The topological polar surface area (TPSA) is 51.8 Å². The Labute approximate surface area is 73.0 Å². The van der Waals surface area contributed by atoms with Gasteiger partial charge >= 0.3 is 0 Å². The molecule has 0 spiro atoms. The second-order valence-corrected chi connectivity index (χ2v) is 3.79. The Bertz CT molecular complexity index is 231. The Morgan fingerprint density at radius 3 is 2.42 bits per heavy atom. The molecule has 1 heterocycles. The van der Waals surface area contributed by atoms with Gasteiger partial charge in [-0.15, -0.1) is 0 Å². The first-order valence-corrected chi connectivity index (χ1v) is 4.08. The zero-order valence-electron chi connectivity index (χ0n) is 7.62. The summed E-state index contributed by atoms with van der Waals surface area (Å²) >= 11 is 0. The van der Waals surface area contributed by atoms with Crippen molar-refractivity contribution in [2.24, 2.45) is 11.1 Å². The molecule has 12 heavy (non-hydrogen) atoms. The summed E-state index contributed by atoms with van der Waals surface area (Å²) in [6.45, 7) is 4.96. The first kappa shape index (κ1) is 9.13. The number of rotatable bonds is 3. The predicted molar refractivity (Wildman–Crippen MR) is 48.6 cm³/mol. The summed E-state index contributed by atoms with van der Waals surface area (Å²) in [6, 6.07) is 0. The van der Waals surface area contributed by atoms with E-state index >= 15 is 0 Å². The van der Waals surface area contributed by atoms with Gasteiger partial charge in [0.1, 0.15) is 6.33 Å². The molecular weight excluding hydrogens is 150 g/mol. The summed E-state index contributed by atoms with van der Waals surface area (Å²) in [5.74, 6) is 0. The second-order valence-electron chi connectivity index (χ2n) is 3.79. The molecular formula is C9H15N3. The van der Waals surface area contributed by atoms with E-state index < -0.39 is 0 Å². The molecule has 0 fully saturated rings. The summed E-state index contributed by atoms with van der Waals surface area (Å²) in [5.41, 5.74) is 6.90. The summed E-state index contributed by atoms with van der Waals surface area (Å²) in [7, 11) is 0. The molecule has 3 heteroatoms. The maximum absolute atomic E-state index is 5.61. The van der Waals surface area contributed by atoms with Gasteiger partial charge in [0.05, 0.1) is 0 Å². The molecule has 0 unspecified atom stereocenters. The van der Waals surface area contributed by atoms with Gasteiger partial charge in [-0.1, -0.05) is 13.8 Å². The van der Waals surface area contributed by atoms with Gasteiger partial charge in [0.25, 0.3) is 0 Å². The molecule has 0 bridgehead atoms. The fraction of sp³-hybridized carbons (Fsp3) is 0.556. The molecule has 1 aromatic rings. The highest BCUT2D eigenvalue weighted by molar-refractivity contribution is 5.05. The smallest absolute Gasteiger partial charge is 0.115 e. The largest absolute Gasteiger partial charge is 0.330 e. The molecule has 1 aromatic heterocycles. The molecule has 0 saturated heterocycles. The number of hydrogen-bond donors (Lipinski definition) is 1. The standard InChI is InChI=1S/C9H15N3/c1-9(2,6-10)3-8-4-11-7-12-5-8/h4-5,7H,3,6,10H2,1-2H3. The zero-order valence-corrected chi connectivity index (χ0v) is 7.62. The Kier molecular flexibility index (Phi) is 2.76. The third-order valence-corrected chi connectivity index (χ3v) is 1.85. The minimum absolute atomic E-state index is 0.144. The molecule has 0 aliphatic heterocycles. The van der Waals surface area contributed by atoms with Gasteiger partial charge in [-0.2, -0.15) is 0 Å². The van der Waals surface area contributed by atoms with Crippen molar-refractivity contribution in [2.75, 3.05) is 6.54 Å². The highest BCUT2D eigenvalue weighted by Crippen LogP contribution is 2.18. The Balaban J connectivity index is 2.64. The maximum atomic E-state index is 5.61. The van der Waals surface area contributed by atoms with Crippen LogP contribution in [0.1, 0.15) is 19.4 Å². The summed E-state index contributed by atoms with van der Waals surface area (Å²) < 4.78 is 0. The summed E-state index contributed by atoms with van der Waals surface area (Å²) in [5, 5.41) is 0. The quantitative estimate of drug-likeness (QED) is 0.727.